The molecule has 0 bridgehead atoms. The number of amides is 1. The number of nitrogens with zero attached hydrogens (tertiary/aromatic N) is 1. The first-order valence-electron chi connectivity index (χ1n) is 11.2. The average molecular weight is 466 g/mol. The molecular formula is C27H31NO4S. The van der Waals surface area contributed by atoms with Gasteiger partial charge in [-0.3, -0.25) is 4.79 Å². The van der Waals surface area contributed by atoms with Gasteiger partial charge in [-0.25, -0.2) is 8.42 Å². The summed E-state index contributed by atoms with van der Waals surface area (Å²) in [5, 5.41) is 0. The van der Waals surface area contributed by atoms with Crippen LogP contribution in [0, 0.1) is 20.8 Å². The second kappa shape index (κ2) is 10.7. The fourth-order valence-corrected chi connectivity index (χ4v) is 4.98. The zero-order valence-corrected chi connectivity index (χ0v) is 20.5. The van der Waals surface area contributed by atoms with Gasteiger partial charge in [-0.15, -0.1) is 0 Å². The topological polar surface area (TPSA) is 63.7 Å². The normalized spacial score (nSPS) is 11.3. The predicted octanol–water partition coefficient (Wildman–Crippen LogP) is 5.76. The minimum absolute atomic E-state index is 0.0584. The summed E-state index contributed by atoms with van der Waals surface area (Å²) in [6.45, 7) is 7.47. The van der Waals surface area contributed by atoms with Gasteiger partial charge in [0.15, 0.2) is 6.61 Å². The number of sulfonamides is 1. The molecule has 174 valence electrons. The van der Waals surface area contributed by atoms with Crippen LogP contribution in [0.2, 0.25) is 0 Å². The first-order chi connectivity index (χ1) is 15.7. The van der Waals surface area contributed by atoms with Crippen molar-refractivity contribution in [2.75, 3.05) is 10.9 Å². The Morgan fingerprint density at radius 1 is 0.879 bits per heavy atom. The number of hydrogen-bond donors (Lipinski definition) is 0. The van der Waals surface area contributed by atoms with Crippen molar-refractivity contribution >= 4 is 21.6 Å². The van der Waals surface area contributed by atoms with Crippen LogP contribution in [0.5, 0.6) is 5.75 Å². The molecule has 0 aromatic heterocycles. The molecule has 0 saturated heterocycles. The number of unbranched alkanes of at least 4 members (excludes halogenated alkanes) is 1. The lowest BCUT2D eigenvalue weighted by Crippen LogP contribution is -2.40. The van der Waals surface area contributed by atoms with E-state index < -0.39 is 22.5 Å². The third-order valence-electron chi connectivity index (χ3n) is 5.46. The van der Waals surface area contributed by atoms with E-state index >= 15 is 0 Å². The SMILES string of the molecule is CCCCc1ccc(N(C(=O)COc2ccc(C)cc2C)S(=O)(=O)c2ccc(C)cc2)cc1. The monoisotopic (exact) mass is 465 g/mol. The van der Waals surface area contributed by atoms with Crippen LogP contribution < -0.4 is 9.04 Å². The summed E-state index contributed by atoms with van der Waals surface area (Å²) in [6.07, 6.45) is 3.03. The molecule has 0 fully saturated rings. The molecule has 0 aliphatic rings. The number of aryl methyl sites for hydroxylation is 4. The smallest absolute Gasteiger partial charge is 0.278 e. The number of hydrogen-bond acceptors (Lipinski definition) is 4. The van der Waals surface area contributed by atoms with Gasteiger partial charge in [-0.1, -0.05) is 60.9 Å². The molecule has 0 aliphatic heterocycles. The molecule has 0 spiro atoms. The Bertz CT molecular complexity index is 1200. The summed E-state index contributed by atoms with van der Waals surface area (Å²) in [5.74, 6) is -0.103. The molecule has 0 unspecified atom stereocenters. The molecule has 0 N–H and O–H groups in total. The minimum atomic E-state index is -4.12. The maximum atomic E-state index is 13.5. The molecule has 0 atom stereocenters. The lowest BCUT2D eigenvalue weighted by molar-refractivity contribution is -0.119. The van der Waals surface area contributed by atoms with Crippen molar-refractivity contribution in [1.29, 1.82) is 0 Å². The molecular weight excluding hydrogens is 434 g/mol. The van der Waals surface area contributed by atoms with Crippen molar-refractivity contribution in [3.63, 3.8) is 0 Å². The van der Waals surface area contributed by atoms with Crippen LogP contribution in [0.3, 0.4) is 0 Å². The van der Waals surface area contributed by atoms with Crippen LogP contribution in [0.15, 0.2) is 71.6 Å². The van der Waals surface area contributed by atoms with Gasteiger partial charge in [0.2, 0.25) is 0 Å². The molecule has 0 aliphatic carbocycles. The van der Waals surface area contributed by atoms with Crippen LogP contribution in [0.25, 0.3) is 0 Å². The maximum Gasteiger partial charge on any atom is 0.278 e. The Kier molecular flexibility index (Phi) is 7.92. The second-order valence-corrected chi connectivity index (χ2v) is 10.1. The van der Waals surface area contributed by atoms with Crippen molar-refractivity contribution in [3.8, 4) is 5.75 Å². The minimum Gasteiger partial charge on any atom is -0.483 e. The molecule has 6 heteroatoms. The Balaban J connectivity index is 1.93. The van der Waals surface area contributed by atoms with Crippen molar-refractivity contribution < 1.29 is 17.9 Å². The standard InChI is InChI=1S/C27H31NO4S/c1-5-6-7-23-11-13-24(14-12-23)28(33(30,31)25-15-8-20(2)9-16-25)27(29)19-32-26-17-10-21(3)18-22(26)4/h8-18H,5-7,19H2,1-4H3. The van der Waals surface area contributed by atoms with Crippen molar-refractivity contribution in [3.05, 3.63) is 89.0 Å². The predicted molar refractivity (Wildman–Crippen MR) is 132 cm³/mol. The van der Waals surface area contributed by atoms with E-state index in [1.165, 1.54) is 12.1 Å². The lowest BCUT2D eigenvalue weighted by Gasteiger charge is -2.23. The average Bonchev–Trinajstić information content (AvgIpc) is 2.78. The third kappa shape index (κ3) is 6.02. The van der Waals surface area contributed by atoms with Crippen molar-refractivity contribution in [2.45, 2.75) is 51.9 Å². The number of benzene rings is 3. The van der Waals surface area contributed by atoms with E-state index in [9.17, 15) is 13.2 Å². The van der Waals surface area contributed by atoms with Gasteiger partial charge in [-0.2, -0.15) is 4.31 Å². The molecule has 3 aromatic rings. The fourth-order valence-electron chi connectivity index (χ4n) is 3.57. The zero-order valence-electron chi connectivity index (χ0n) is 19.7. The molecule has 3 aromatic carbocycles. The lowest BCUT2D eigenvalue weighted by atomic mass is 10.1. The summed E-state index contributed by atoms with van der Waals surface area (Å²) in [4.78, 5) is 13.3. The van der Waals surface area contributed by atoms with Gasteiger partial charge >= 0.3 is 0 Å². The Morgan fingerprint density at radius 3 is 2.12 bits per heavy atom. The first kappa shape index (κ1) is 24.5. The van der Waals surface area contributed by atoms with Gasteiger partial charge in [-0.05, 0) is 75.1 Å². The van der Waals surface area contributed by atoms with Gasteiger partial charge in [0.1, 0.15) is 5.75 Å². The van der Waals surface area contributed by atoms with Crippen molar-refractivity contribution in [2.24, 2.45) is 0 Å². The molecule has 0 radical (unpaired) electrons. The second-order valence-electron chi connectivity index (χ2n) is 8.30. The molecule has 5 nitrogen and oxygen atoms in total. The molecule has 3 rings (SSSR count). The van der Waals surface area contributed by atoms with E-state index in [-0.39, 0.29) is 4.90 Å². The first-order valence-corrected chi connectivity index (χ1v) is 12.6. The van der Waals surface area contributed by atoms with Crippen molar-refractivity contribution in [1.82, 2.24) is 0 Å². The summed E-state index contributed by atoms with van der Waals surface area (Å²) >= 11 is 0. The highest BCUT2D eigenvalue weighted by Gasteiger charge is 2.31. The van der Waals surface area contributed by atoms with Crippen LogP contribution in [-0.2, 0) is 21.2 Å². The molecule has 1 amide bonds. The van der Waals surface area contributed by atoms with Gasteiger partial charge in [0.25, 0.3) is 15.9 Å². The number of ether oxygens (including phenoxy) is 1. The highest BCUT2D eigenvalue weighted by molar-refractivity contribution is 7.93. The van der Waals surface area contributed by atoms with E-state index in [0.29, 0.717) is 11.4 Å². The van der Waals surface area contributed by atoms with E-state index in [4.69, 9.17) is 4.74 Å². The molecule has 0 heterocycles. The van der Waals surface area contributed by atoms with E-state index in [2.05, 4.69) is 6.92 Å². The van der Waals surface area contributed by atoms with Gasteiger partial charge in [0, 0.05) is 0 Å². The highest BCUT2D eigenvalue weighted by atomic mass is 32.2. The largest absolute Gasteiger partial charge is 0.483 e. The van der Waals surface area contributed by atoms with E-state index in [0.717, 1.165) is 45.8 Å². The Labute approximate surface area is 197 Å². The summed E-state index contributed by atoms with van der Waals surface area (Å²) < 4.78 is 33.6. The molecule has 33 heavy (non-hydrogen) atoms. The fraction of sp³-hybridized carbons (Fsp3) is 0.296. The zero-order chi connectivity index (χ0) is 24.0. The summed E-state index contributed by atoms with van der Waals surface area (Å²) in [7, 11) is -4.12. The van der Waals surface area contributed by atoms with Crippen LogP contribution in [0.1, 0.15) is 42.0 Å². The van der Waals surface area contributed by atoms with Gasteiger partial charge < -0.3 is 4.74 Å². The number of carbonyl (C=O) groups excluding carboxylic acids is 1. The molecule has 0 saturated carbocycles. The van der Waals surface area contributed by atoms with E-state index in [1.54, 1.807) is 30.3 Å². The van der Waals surface area contributed by atoms with Crippen LogP contribution >= 0.6 is 0 Å². The Morgan fingerprint density at radius 2 is 1.52 bits per heavy atom. The third-order valence-corrected chi connectivity index (χ3v) is 7.22. The quantitative estimate of drug-likeness (QED) is 0.403. The maximum absolute atomic E-state index is 13.5. The van der Waals surface area contributed by atoms with Crippen LogP contribution in [-0.4, -0.2) is 20.9 Å². The summed E-state index contributed by atoms with van der Waals surface area (Å²) in [6, 6.07) is 19.2. The number of carbonyl (C=O) groups is 1. The summed E-state index contributed by atoms with van der Waals surface area (Å²) in [5.41, 5.74) is 4.30. The van der Waals surface area contributed by atoms with Gasteiger partial charge in [0.05, 0.1) is 10.6 Å². The van der Waals surface area contributed by atoms with Crippen LogP contribution in [0.4, 0.5) is 5.69 Å². The Hall–Kier alpha value is -3.12. The number of rotatable bonds is 9. The highest BCUT2D eigenvalue weighted by Crippen LogP contribution is 2.26. The number of anilines is 1. The van der Waals surface area contributed by atoms with E-state index in [1.807, 2.05) is 45.0 Å².